The average Bonchev–Trinajstić information content (AvgIpc) is 2.46. The summed E-state index contributed by atoms with van der Waals surface area (Å²) >= 11 is 3.43. The van der Waals surface area contributed by atoms with Gasteiger partial charge in [-0.25, -0.2) is 0 Å². The van der Waals surface area contributed by atoms with Crippen LogP contribution in [0.2, 0.25) is 0 Å². The van der Waals surface area contributed by atoms with Gasteiger partial charge in [-0.3, -0.25) is 4.79 Å². The number of ketones is 1. The number of rotatable bonds is 6. The van der Waals surface area contributed by atoms with E-state index in [1.807, 2.05) is 24.3 Å². The predicted molar refractivity (Wildman–Crippen MR) is 84.0 cm³/mol. The molecule has 1 unspecified atom stereocenters. The summed E-state index contributed by atoms with van der Waals surface area (Å²) in [4.78, 5) is 11.9. The summed E-state index contributed by atoms with van der Waals surface area (Å²) in [7, 11) is 0. The minimum Gasteiger partial charge on any atom is -0.381 e. The van der Waals surface area contributed by atoms with Gasteiger partial charge in [0.15, 0.2) is 0 Å². The van der Waals surface area contributed by atoms with Crippen LogP contribution in [0.15, 0.2) is 28.7 Å². The summed E-state index contributed by atoms with van der Waals surface area (Å²) in [6, 6.07) is 8.60. The molecule has 1 aromatic carbocycles. The van der Waals surface area contributed by atoms with E-state index in [1.54, 1.807) is 6.92 Å². The first-order chi connectivity index (χ1) is 9.66. The molecule has 0 radical (unpaired) electrons. The molecule has 1 aromatic rings. The van der Waals surface area contributed by atoms with Crippen molar-refractivity contribution in [1.29, 1.82) is 0 Å². The molecule has 1 N–H and O–H groups in total. The molecule has 0 saturated carbocycles. The number of halogens is 1. The number of carbonyl (C=O) groups excluding carboxylic acids is 1. The minimum absolute atomic E-state index is 0.00422. The molecule has 1 aliphatic heterocycles. The van der Waals surface area contributed by atoms with Gasteiger partial charge in [0, 0.05) is 29.6 Å². The fraction of sp³-hybridized carbons (Fsp3) is 0.562. The lowest BCUT2D eigenvalue weighted by molar-refractivity contribution is -0.118. The first kappa shape index (κ1) is 15.7. The largest absolute Gasteiger partial charge is 0.381 e. The number of benzene rings is 1. The smallest absolute Gasteiger partial charge is 0.137 e. The summed E-state index contributed by atoms with van der Waals surface area (Å²) in [5.41, 5.74) is 1.11. The maximum atomic E-state index is 11.9. The van der Waals surface area contributed by atoms with E-state index < -0.39 is 0 Å². The van der Waals surface area contributed by atoms with Crippen molar-refractivity contribution in [2.45, 2.75) is 38.1 Å². The highest BCUT2D eigenvalue weighted by Crippen LogP contribution is 2.22. The third kappa shape index (κ3) is 4.69. The summed E-state index contributed by atoms with van der Waals surface area (Å²) in [5, 5.41) is 3.55. The van der Waals surface area contributed by atoms with Gasteiger partial charge in [0.1, 0.15) is 5.78 Å². The van der Waals surface area contributed by atoms with Gasteiger partial charge < -0.3 is 10.1 Å². The minimum atomic E-state index is -0.00422. The van der Waals surface area contributed by atoms with Crippen molar-refractivity contribution in [1.82, 2.24) is 5.32 Å². The van der Waals surface area contributed by atoms with E-state index in [0.717, 1.165) is 49.1 Å². The Kier molecular flexibility index (Phi) is 6.20. The van der Waals surface area contributed by atoms with E-state index in [1.165, 1.54) is 0 Å². The molecule has 1 fully saturated rings. The Morgan fingerprint density at radius 3 is 2.60 bits per heavy atom. The van der Waals surface area contributed by atoms with Crippen LogP contribution >= 0.6 is 15.9 Å². The molecule has 3 nitrogen and oxygen atoms in total. The molecule has 1 atom stereocenters. The third-order valence-electron chi connectivity index (χ3n) is 3.85. The van der Waals surface area contributed by atoms with Crippen LogP contribution < -0.4 is 5.32 Å². The zero-order valence-corrected chi connectivity index (χ0v) is 13.5. The van der Waals surface area contributed by atoms with Gasteiger partial charge in [0.05, 0.1) is 0 Å². The van der Waals surface area contributed by atoms with Crippen molar-refractivity contribution in [2.24, 2.45) is 0 Å². The first-order valence-corrected chi connectivity index (χ1v) is 8.03. The maximum Gasteiger partial charge on any atom is 0.137 e. The van der Waals surface area contributed by atoms with Crippen LogP contribution in [0.25, 0.3) is 0 Å². The van der Waals surface area contributed by atoms with Crippen LogP contribution in [0, 0.1) is 0 Å². The van der Waals surface area contributed by atoms with Gasteiger partial charge in [-0.05, 0) is 50.4 Å². The van der Waals surface area contributed by atoms with Crippen LogP contribution in [0.1, 0.15) is 37.7 Å². The second-order valence-electron chi connectivity index (χ2n) is 5.34. The fourth-order valence-electron chi connectivity index (χ4n) is 2.63. The number of Topliss-reactive ketones (excluding diaryl/α,β-unsaturated/α-hetero) is 1. The van der Waals surface area contributed by atoms with Crippen LogP contribution in [0.5, 0.6) is 0 Å². The van der Waals surface area contributed by atoms with E-state index in [2.05, 4.69) is 21.2 Å². The van der Waals surface area contributed by atoms with E-state index in [0.29, 0.717) is 6.04 Å². The normalized spacial score (nSPS) is 17.9. The van der Waals surface area contributed by atoms with Gasteiger partial charge in [-0.1, -0.05) is 28.1 Å². The Balaban J connectivity index is 1.86. The molecule has 1 aliphatic rings. The number of hydrogen-bond donors (Lipinski definition) is 1. The molecule has 1 heterocycles. The second kappa shape index (κ2) is 7.91. The van der Waals surface area contributed by atoms with Crippen molar-refractivity contribution in [3.63, 3.8) is 0 Å². The third-order valence-corrected chi connectivity index (χ3v) is 4.38. The number of ether oxygens (including phenoxy) is 1. The quantitative estimate of drug-likeness (QED) is 0.864. The van der Waals surface area contributed by atoms with Gasteiger partial charge in [-0.15, -0.1) is 0 Å². The zero-order valence-electron chi connectivity index (χ0n) is 11.9. The standard InChI is InChI=1S/C16H22BrNO2/c1-12(19)16(13-2-4-14(17)5-3-13)6-9-18-15-7-10-20-11-8-15/h2-5,15-16,18H,6-11H2,1H3. The van der Waals surface area contributed by atoms with Crippen molar-refractivity contribution in [3.05, 3.63) is 34.3 Å². The molecule has 20 heavy (non-hydrogen) atoms. The molecule has 2 rings (SSSR count). The molecule has 1 saturated heterocycles. The molecule has 0 amide bonds. The van der Waals surface area contributed by atoms with Crippen LogP contribution in [-0.4, -0.2) is 31.6 Å². The van der Waals surface area contributed by atoms with Crippen molar-refractivity contribution in [2.75, 3.05) is 19.8 Å². The van der Waals surface area contributed by atoms with E-state index in [9.17, 15) is 4.79 Å². The Bertz CT molecular complexity index is 427. The zero-order chi connectivity index (χ0) is 14.4. The highest BCUT2D eigenvalue weighted by atomic mass is 79.9. The van der Waals surface area contributed by atoms with E-state index >= 15 is 0 Å². The highest BCUT2D eigenvalue weighted by molar-refractivity contribution is 9.10. The molecule has 0 aliphatic carbocycles. The number of hydrogen-bond acceptors (Lipinski definition) is 3. The van der Waals surface area contributed by atoms with Gasteiger partial charge in [0.2, 0.25) is 0 Å². The lowest BCUT2D eigenvalue weighted by Crippen LogP contribution is -2.36. The van der Waals surface area contributed by atoms with Gasteiger partial charge in [0.25, 0.3) is 0 Å². The Morgan fingerprint density at radius 2 is 2.00 bits per heavy atom. The Morgan fingerprint density at radius 1 is 1.35 bits per heavy atom. The van der Waals surface area contributed by atoms with Crippen LogP contribution in [0.4, 0.5) is 0 Å². The molecule has 0 spiro atoms. The summed E-state index contributed by atoms with van der Waals surface area (Å²) in [5.74, 6) is 0.233. The molecule has 0 bridgehead atoms. The average molecular weight is 340 g/mol. The van der Waals surface area contributed by atoms with Crippen molar-refractivity contribution >= 4 is 21.7 Å². The number of nitrogens with one attached hydrogen (secondary N) is 1. The number of carbonyl (C=O) groups is 1. The van der Waals surface area contributed by atoms with Crippen molar-refractivity contribution in [3.8, 4) is 0 Å². The first-order valence-electron chi connectivity index (χ1n) is 7.24. The molecule has 110 valence electrons. The lowest BCUT2D eigenvalue weighted by atomic mass is 9.92. The summed E-state index contributed by atoms with van der Waals surface area (Å²) in [6.07, 6.45) is 3.00. The summed E-state index contributed by atoms with van der Waals surface area (Å²) in [6.45, 7) is 4.26. The van der Waals surface area contributed by atoms with Gasteiger partial charge in [-0.2, -0.15) is 0 Å². The highest BCUT2D eigenvalue weighted by Gasteiger charge is 2.18. The Labute approximate surface area is 129 Å². The molecule has 4 heteroatoms. The molecular weight excluding hydrogens is 318 g/mol. The molecule has 0 aromatic heterocycles. The Hall–Kier alpha value is -0.710. The topological polar surface area (TPSA) is 38.3 Å². The molecular formula is C16H22BrNO2. The van der Waals surface area contributed by atoms with Crippen LogP contribution in [0.3, 0.4) is 0 Å². The van der Waals surface area contributed by atoms with Crippen LogP contribution in [-0.2, 0) is 9.53 Å². The van der Waals surface area contributed by atoms with Gasteiger partial charge >= 0.3 is 0 Å². The predicted octanol–water partition coefficient (Wildman–Crippen LogP) is 3.28. The monoisotopic (exact) mass is 339 g/mol. The van der Waals surface area contributed by atoms with E-state index in [4.69, 9.17) is 4.74 Å². The lowest BCUT2D eigenvalue weighted by Gasteiger charge is -2.24. The SMILES string of the molecule is CC(=O)C(CCNC1CCOCC1)c1ccc(Br)cc1. The second-order valence-corrected chi connectivity index (χ2v) is 6.26. The van der Waals surface area contributed by atoms with E-state index in [-0.39, 0.29) is 11.7 Å². The maximum absolute atomic E-state index is 11.9. The fourth-order valence-corrected chi connectivity index (χ4v) is 2.90. The summed E-state index contributed by atoms with van der Waals surface area (Å²) < 4.78 is 6.39. The van der Waals surface area contributed by atoms with Crippen molar-refractivity contribution < 1.29 is 9.53 Å².